The van der Waals surface area contributed by atoms with E-state index in [1.807, 2.05) is 7.05 Å². The predicted molar refractivity (Wildman–Crippen MR) is 72.7 cm³/mol. The first kappa shape index (κ1) is 15.9. The quantitative estimate of drug-likeness (QED) is 0.543. The molecule has 1 fully saturated rings. The van der Waals surface area contributed by atoms with E-state index < -0.39 is 5.41 Å². The number of carbonyl (C=O) groups excluding carboxylic acids is 2. The molecule has 6 nitrogen and oxygen atoms in total. The molecule has 6 heteroatoms. The van der Waals surface area contributed by atoms with Crippen LogP contribution in [0.25, 0.3) is 0 Å². The molecule has 0 atom stereocenters. The van der Waals surface area contributed by atoms with Crippen molar-refractivity contribution in [2.75, 3.05) is 53.5 Å². The Kier molecular flexibility index (Phi) is 5.75. The van der Waals surface area contributed by atoms with Crippen molar-refractivity contribution in [1.29, 1.82) is 0 Å². The first-order valence-electron chi connectivity index (χ1n) is 6.64. The molecule has 0 unspecified atom stereocenters. The molecule has 2 amide bonds. The third-order valence-corrected chi connectivity index (χ3v) is 3.48. The van der Waals surface area contributed by atoms with Gasteiger partial charge >= 0.3 is 0 Å². The maximum Gasteiger partial charge on any atom is 0.237 e. The Balaban J connectivity index is 2.55. The van der Waals surface area contributed by atoms with Gasteiger partial charge in [-0.1, -0.05) is 0 Å². The van der Waals surface area contributed by atoms with E-state index in [4.69, 9.17) is 4.74 Å². The monoisotopic (exact) mass is 271 g/mol. The second-order valence-electron chi connectivity index (χ2n) is 5.47. The smallest absolute Gasteiger partial charge is 0.237 e. The zero-order chi connectivity index (χ0) is 14.5. The number of methoxy groups -OCH3 is 1. The Hall–Kier alpha value is -1.14. The van der Waals surface area contributed by atoms with E-state index in [0.717, 1.165) is 13.1 Å². The Morgan fingerprint density at radius 1 is 1.21 bits per heavy atom. The van der Waals surface area contributed by atoms with Gasteiger partial charge in [0.25, 0.3) is 0 Å². The molecule has 0 aromatic heterocycles. The van der Waals surface area contributed by atoms with E-state index in [-0.39, 0.29) is 11.8 Å². The van der Waals surface area contributed by atoms with Crippen molar-refractivity contribution in [3.05, 3.63) is 0 Å². The van der Waals surface area contributed by atoms with Crippen LogP contribution in [0.3, 0.4) is 0 Å². The van der Waals surface area contributed by atoms with Gasteiger partial charge in [-0.15, -0.1) is 0 Å². The first-order valence-corrected chi connectivity index (χ1v) is 6.64. The summed E-state index contributed by atoms with van der Waals surface area (Å²) in [7, 11) is 3.61. The van der Waals surface area contributed by atoms with Crippen molar-refractivity contribution in [3.63, 3.8) is 0 Å². The number of likely N-dealkylation sites (N-methyl/N-ethyl adjacent to an activating group) is 1. The van der Waals surface area contributed by atoms with Gasteiger partial charge in [-0.05, 0) is 20.9 Å². The Labute approximate surface area is 115 Å². The van der Waals surface area contributed by atoms with Crippen LogP contribution in [0.15, 0.2) is 0 Å². The van der Waals surface area contributed by atoms with Crippen LogP contribution in [0, 0.1) is 5.41 Å². The van der Waals surface area contributed by atoms with Gasteiger partial charge in [-0.2, -0.15) is 0 Å². The fourth-order valence-electron chi connectivity index (χ4n) is 1.99. The molecular weight excluding hydrogens is 246 g/mol. The average molecular weight is 271 g/mol. The van der Waals surface area contributed by atoms with Crippen molar-refractivity contribution in [2.45, 2.75) is 13.8 Å². The summed E-state index contributed by atoms with van der Waals surface area (Å²) in [6.45, 7) is 7.30. The molecule has 0 aliphatic carbocycles. The summed E-state index contributed by atoms with van der Waals surface area (Å²) in [5.41, 5.74) is -1.02. The summed E-state index contributed by atoms with van der Waals surface area (Å²) >= 11 is 0. The molecule has 1 N–H and O–H groups in total. The second kappa shape index (κ2) is 6.86. The van der Waals surface area contributed by atoms with Crippen LogP contribution >= 0.6 is 0 Å². The summed E-state index contributed by atoms with van der Waals surface area (Å²) in [6.07, 6.45) is 0. The van der Waals surface area contributed by atoms with Gasteiger partial charge in [-0.3, -0.25) is 9.59 Å². The van der Waals surface area contributed by atoms with Crippen molar-refractivity contribution >= 4 is 11.8 Å². The predicted octanol–water partition coefficient (Wildman–Crippen LogP) is -0.451. The molecule has 1 saturated heterocycles. The molecule has 1 aliphatic rings. The molecule has 0 bridgehead atoms. The third kappa shape index (κ3) is 4.18. The van der Waals surface area contributed by atoms with E-state index in [9.17, 15) is 9.59 Å². The molecule has 0 saturated carbocycles. The highest BCUT2D eigenvalue weighted by Gasteiger charge is 2.39. The molecule has 110 valence electrons. The minimum absolute atomic E-state index is 0.101. The number of hydrogen-bond donors (Lipinski definition) is 1. The summed E-state index contributed by atoms with van der Waals surface area (Å²) < 4.78 is 4.88. The van der Waals surface area contributed by atoms with Crippen molar-refractivity contribution in [1.82, 2.24) is 15.1 Å². The number of amides is 2. The van der Waals surface area contributed by atoms with Crippen LogP contribution in [0.2, 0.25) is 0 Å². The standard InChI is InChI=1S/C13H25N3O3/c1-13(2,11(17)14-5-10-19-4)12(18)16-8-6-15(3)7-9-16/h5-10H2,1-4H3,(H,14,17). The lowest BCUT2D eigenvalue weighted by atomic mass is 9.90. The van der Waals surface area contributed by atoms with E-state index in [1.54, 1.807) is 25.9 Å². The molecule has 0 aromatic carbocycles. The third-order valence-electron chi connectivity index (χ3n) is 3.48. The topological polar surface area (TPSA) is 61.9 Å². The zero-order valence-corrected chi connectivity index (χ0v) is 12.4. The number of nitrogens with one attached hydrogen (secondary N) is 1. The van der Waals surface area contributed by atoms with Gasteiger partial charge < -0.3 is 19.9 Å². The summed E-state index contributed by atoms with van der Waals surface area (Å²) in [4.78, 5) is 28.4. The molecule has 19 heavy (non-hydrogen) atoms. The summed E-state index contributed by atoms with van der Waals surface area (Å²) in [5, 5.41) is 2.73. The molecule has 1 rings (SSSR count). The van der Waals surface area contributed by atoms with E-state index in [2.05, 4.69) is 10.2 Å². The lowest BCUT2D eigenvalue weighted by Crippen LogP contribution is -2.55. The highest BCUT2D eigenvalue weighted by Crippen LogP contribution is 2.20. The van der Waals surface area contributed by atoms with Crippen LogP contribution in [-0.4, -0.2) is 75.1 Å². The molecule has 0 spiro atoms. The average Bonchev–Trinajstić information content (AvgIpc) is 2.39. The van der Waals surface area contributed by atoms with Crippen molar-refractivity contribution in [2.24, 2.45) is 5.41 Å². The fourth-order valence-corrected chi connectivity index (χ4v) is 1.99. The maximum absolute atomic E-state index is 12.4. The SMILES string of the molecule is COCCNC(=O)C(C)(C)C(=O)N1CCN(C)CC1. The molecule has 1 heterocycles. The largest absolute Gasteiger partial charge is 0.383 e. The lowest BCUT2D eigenvalue weighted by molar-refractivity contribution is -0.149. The van der Waals surface area contributed by atoms with E-state index >= 15 is 0 Å². The maximum atomic E-state index is 12.4. The van der Waals surface area contributed by atoms with Gasteiger partial charge in [0.2, 0.25) is 11.8 Å². The van der Waals surface area contributed by atoms with Crippen LogP contribution in [0.1, 0.15) is 13.8 Å². The highest BCUT2D eigenvalue weighted by molar-refractivity contribution is 6.04. The number of piperazine rings is 1. The normalized spacial score (nSPS) is 17.4. The van der Waals surface area contributed by atoms with E-state index in [1.165, 1.54) is 0 Å². The van der Waals surface area contributed by atoms with Gasteiger partial charge in [0.1, 0.15) is 5.41 Å². The molecule has 0 aromatic rings. The van der Waals surface area contributed by atoms with E-state index in [0.29, 0.717) is 26.2 Å². The Morgan fingerprint density at radius 2 is 1.79 bits per heavy atom. The molecule has 1 aliphatic heterocycles. The highest BCUT2D eigenvalue weighted by atomic mass is 16.5. The first-order chi connectivity index (χ1) is 8.89. The number of nitrogens with zero attached hydrogens (tertiary/aromatic N) is 2. The van der Waals surface area contributed by atoms with Crippen molar-refractivity contribution in [3.8, 4) is 0 Å². The number of ether oxygens (including phenoxy) is 1. The number of hydrogen-bond acceptors (Lipinski definition) is 4. The number of carbonyl (C=O) groups is 2. The Bertz CT molecular complexity index is 323. The van der Waals surface area contributed by atoms with Crippen LogP contribution in [0.4, 0.5) is 0 Å². The van der Waals surface area contributed by atoms with Crippen molar-refractivity contribution < 1.29 is 14.3 Å². The van der Waals surface area contributed by atoms with Crippen LogP contribution in [-0.2, 0) is 14.3 Å². The summed E-state index contributed by atoms with van der Waals surface area (Å²) in [5.74, 6) is -0.344. The number of rotatable bonds is 5. The van der Waals surface area contributed by atoms with Gasteiger partial charge in [0, 0.05) is 39.8 Å². The minimum Gasteiger partial charge on any atom is -0.383 e. The lowest BCUT2D eigenvalue weighted by Gasteiger charge is -2.36. The summed E-state index contributed by atoms with van der Waals surface area (Å²) in [6, 6.07) is 0. The minimum atomic E-state index is -1.02. The fraction of sp³-hybridized carbons (Fsp3) is 0.846. The molecule has 0 radical (unpaired) electrons. The van der Waals surface area contributed by atoms with Gasteiger partial charge in [-0.25, -0.2) is 0 Å². The van der Waals surface area contributed by atoms with Gasteiger partial charge in [0.15, 0.2) is 0 Å². The molecular formula is C13H25N3O3. The zero-order valence-electron chi connectivity index (χ0n) is 12.4. The Morgan fingerprint density at radius 3 is 2.32 bits per heavy atom. The van der Waals surface area contributed by atoms with Crippen LogP contribution < -0.4 is 5.32 Å². The van der Waals surface area contributed by atoms with Crippen LogP contribution in [0.5, 0.6) is 0 Å². The second-order valence-corrected chi connectivity index (χ2v) is 5.47. The van der Waals surface area contributed by atoms with Gasteiger partial charge in [0.05, 0.1) is 6.61 Å².